The molecule has 0 saturated carbocycles. The molecular weight excluding hydrogens is 426 g/mol. The van der Waals surface area contributed by atoms with Crippen molar-refractivity contribution in [2.45, 2.75) is 39.0 Å². The fourth-order valence-electron chi connectivity index (χ4n) is 3.73. The van der Waals surface area contributed by atoms with Crippen LogP contribution in [0.4, 0.5) is 13.9 Å². The third-order valence-corrected chi connectivity index (χ3v) is 6.14. The molecule has 1 N–H and O–H groups in total. The Hall–Kier alpha value is -2.85. The Morgan fingerprint density at radius 2 is 2.16 bits per heavy atom. The number of amides is 1. The fraction of sp³-hybridized carbons (Fsp3) is 0.381. The molecule has 2 unspecified atom stereocenters. The molecule has 1 amide bonds. The molecule has 0 spiro atoms. The lowest BCUT2D eigenvalue weighted by Gasteiger charge is -2.19. The van der Waals surface area contributed by atoms with Gasteiger partial charge in [0.15, 0.2) is 16.7 Å². The second-order valence-corrected chi connectivity index (χ2v) is 8.56. The number of benzene rings is 1. The Balaban J connectivity index is 1.48. The third-order valence-electron chi connectivity index (χ3n) is 5.21. The van der Waals surface area contributed by atoms with Crippen LogP contribution in [0.5, 0.6) is 11.5 Å². The first-order chi connectivity index (χ1) is 14.8. The molecule has 1 fully saturated rings. The maximum absolute atomic E-state index is 14.2. The predicted octanol–water partition coefficient (Wildman–Crippen LogP) is 3.98. The van der Waals surface area contributed by atoms with E-state index in [-0.39, 0.29) is 28.9 Å². The topological polar surface area (TPSA) is 76.6 Å². The molecule has 1 aliphatic heterocycles. The second-order valence-electron chi connectivity index (χ2n) is 7.48. The Kier molecular flexibility index (Phi) is 6.01. The summed E-state index contributed by atoms with van der Waals surface area (Å²) in [7, 11) is 1.41. The van der Waals surface area contributed by atoms with Crippen LogP contribution >= 0.6 is 11.3 Å². The number of likely N-dealkylation sites (tertiary alicyclic amines) is 1. The van der Waals surface area contributed by atoms with E-state index in [1.165, 1.54) is 20.1 Å². The highest BCUT2D eigenvalue weighted by Gasteiger charge is 2.32. The summed E-state index contributed by atoms with van der Waals surface area (Å²) in [6, 6.07) is 4.81. The Morgan fingerprint density at radius 3 is 2.90 bits per heavy atom. The molecule has 0 aliphatic carbocycles. The molecule has 1 aromatic carbocycles. The van der Waals surface area contributed by atoms with Gasteiger partial charge in [0.1, 0.15) is 11.9 Å². The van der Waals surface area contributed by atoms with Crippen LogP contribution < -0.4 is 14.8 Å². The summed E-state index contributed by atoms with van der Waals surface area (Å²) in [6.45, 7) is 4.38. The predicted molar refractivity (Wildman–Crippen MR) is 114 cm³/mol. The van der Waals surface area contributed by atoms with Crippen LogP contribution in [0.25, 0.3) is 10.9 Å². The van der Waals surface area contributed by atoms with Crippen molar-refractivity contribution >= 4 is 33.3 Å². The average Bonchev–Trinajstić information content (AvgIpc) is 3.22. The number of hydrogen-bond acceptors (Lipinski definition) is 7. The Bertz CT molecular complexity index is 1120. The van der Waals surface area contributed by atoms with Gasteiger partial charge in [0.05, 0.1) is 17.5 Å². The van der Waals surface area contributed by atoms with E-state index in [9.17, 15) is 13.6 Å². The van der Waals surface area contributed by atoms with Crippen LogP contribution in [0, 0.1) is 11.8 Å². The first kappa shape index (κ1) is 21.4. The molecule has 2 atom stereocenters. The maximum atomic E-state index is 14.2. The number of ether oxygens (including phenoxy) is 2. The molecule has 3 aromatic rings. The summed E-state index contributed by atoms with van der Waals surface area (Å²) >= 11 is 1.13. The quantitative estimate of drug-likeness (QED) is 0.615. The maximum Gasteiger partial charge on any atom is 0.230 e. The number of carbonyl (C=O) groups excluding carboxylic acids is 1. The van der Waals surface area contributed by atoms with Crippen LogP contribution in [-0.2, 0) is 11.3 Å². The minimum Gasteiger partial charge on any atom is -0.494 e. The molecule has 7 nitrogen and oxygen atoms in total. The van der Waals surface area contributed by atoms with E-state index in [2.05, 4.69) is 27.1 Å². The number of fused-ring (bicyclic) bond motifs is 1. The van der Waals surface area contributed by atoms with Gasteiger partial charge in [-0.2, -0.15) is 9.37 Å². The standard InChI is InChI=1S/C21H22F2N4O3S/c1-11-6-13(9-27(11)10-19-20(23)26-21(31-19)25-12(2)28)30-17-4-5-24-16-8-15(22)18(29-3)7-14(16)17/h4-5,7-8,11,13H,6,9-10H2,1-3H3,(H,25,26,28). The Labute approximate surface area is 182 Å². The summed E-state index contributed by atoms with van der Waals surface area (Å²) < 4.78 is 39.5. The lowest BCUT2D eigenvalue weighted by Crippen LogP contribution is -2.28. The molecule has 164 valence electrons. The monoisotopic (exact) mass is 448 g/mol. The summed E-state index contributed by atoms with van der Waals surface area (Å²) in [5.41, 5.74) is 0.482. The van der Waals surface area contributed by atoms with Crippen molar-refractivity contribution in [3.63, 3.8) is 0 Å². The van der Waals surface area contributed by atoms with Crippen LogP contribution in [0.15, 0.2) is 24.4 Å². The van der Waals surface area contributed by atoms with Gasteiger partial charge in [-0.05, 0) is 19.1 Å². The number of carbonyl (C=O) groups is 1. The number of rotatable bonds is 6. The molecule has 0 bridgehead atoms. The fourth-order valence-corrected chi connectivity index (χ4v) is 4.65. The van der Waals surface area contributed by atoms with Gasteiger partial charge in [-0.15, -0.1) is 0 Å². The highest BCUT2D eigenvalue weighted by atomic mass is 32.1. The first-order valence-electron chi connectivity index (χ1n) is 9.79. The molecule has 31 heavy (non-hydrogen) atoms. The summed E-state index contributed by atoms with van der Waals surface area (Å²) in [5.74, 6) is -0.615. The van der Waals surface area contributed by atoms with Gasteiger partial charge in [0, 0.05) is 50.1 Å². The number of aromatic nitrogens is 2. The van der Waals surface area contributed by atoms with Crippen LogP contribution in [0.3, 0.4) is 0 Å². The van der Waals surface area contributed by atoms with E-state index < -0.39 is 11.8 Å². The lowest BCUT2D eigenvalue weighted by molar-refractivity contribution is -0.114. The number of nitrogens with zero attached hydrogens (tertiary/aromatic N) is 3. The van der Waals surface area contributed by atoms with E-state index >= 15 is 0 Å². The molecule has 1 aliphatic rings. The van der Waals surface area contributed by atoms with E-state index in [1.54, 1.807) is 18.3 Å². The van der Waals surface area contributed by atoms with Gasteiger partial charge in [0.25, 0.3) is 0 Å². The first-order valence-corrected chi connectivity index (χ1v) is 10.6. The molecule has 3 heterocycles. The van der Waals surface area contributed by atoms with Gasteiger partial charge in [0.2, 0.25) is 11.9 Å². The number of pyridine rings is 1. The zero-order chi connectivity index (χ0) is 22.1. The average molecular weight is 448 g/mol. The second kappa shape index (κ2) is 8.72. The zero-order valence-electron chi connectivity index (χ0n) is 17.3. The van der Waals surface area contributed by atoms with Crippen molar-refractivity contribution in [1.29, 1.82) is 0 Å². The normalized spacial score (nSPS) is 19.0. The van der Waals surface area contributed by atoms with E-state index in [4.69, 9.17) is 9.47 Å². The van der Waals surface area contributed by atoms with Crippen LogP contribution in [0.1, 0.15) is 25.1 Å². The van der Waals surface area contributed by atoms with Crippen molar-refractivity contribution in [3.05, 3.63) is 41.0 Å². The largest absolute Gasteiger partial charge is 0.494 e. The minimum atomic E-state index is -0.570. The van der Waals surface area contributed by atoms with Gasteiger partial charge >= 0.3 is 0 Å². The summed E-state index contributed by atoms with van der Waals surface area (Å²) in [5, 5.41) is 3.44. The van der Waals surface area contributed by atoms with Gasteiger partial charge in [-0.25, -0.2) is 4.39 Å². The summed E-state index contributed by atoms with van der Waals surface area (Å²) in [4.78, 5) is 21.7. The molecule has 10 heteroatoms. The smallest absolute Gasteiger partial charge is 0.230 e. The lowest BCUT2D eigenvalue weighted by atomic mass is 10.1. The molecule has 2 aromatic heterocycles. The van der Waals surface area contributed by atoms with Crippen LogP contribution in [0.2, 0.25) is 0 Å². The van der Waals surface area contributed by atoms with Gasteiger partial charge < -0.3 is 14.8 Å². The zero-order valence-corrected chi connectivity index (χ0v) is 18.1. The highest BCUT2D eigenvalue weighted by molar-refractivity contribution is 7.15. The highest BCUT2D eigenvalue weighted by Crippen LogP contribution is 2.33. The third kappa shape index (κ3) is 4.59. The van der Waals surface area contributed by atoms with Crippen molar-refractivity contribution in [2.24, 2.45) is 0 Å². The van der Waals surface area contributed by atoms with Crippen molar-refractivity contribution in [2.75, 3.05) is 19.0 Å². The number of methoxy groups -OCH3 is 1. The number of hydrogen-bond donors (Lipinski definition) is 1. The number of thiazole rings is 1. The number of anilines is 1. The molecule has 0 radical (unpaired) electrons. The van der Waals surface area contributed by atoms with Gasteiger partial charge in [-0.1, -0.05) is 11.3 Å². The van der Waals surface area contributed by atoms with Crippen molar-refractivity contribution in [3.8, 4) is 11.5 Å². The molecule has 4 rings (SSSR count). The van der Waals surface area contributed by atoms with Crippen molar-refractivity contribution in [1.82, 2.24) is 14.9 Å². The van der Waals surface area contributed by atoms with Gasteiger partial charge in [-0.3, -0.25) is 14.7 Å². The van der Waals surface area contributed by atoms with E-state index in [0.29, 0.717) is 34.6 Å². The molecular formula is C21H22F2N4O3S. The number of halogens is 2. The van der Waals surface area contributed by atoms with Crippen molar-refractivity contribution < 1.29 is 23.0 Å². The van der Waals surface area contributed by atoms with E-state index in [0.717, 1.165) is 17.8 Å². The Morgan fingerprint density at radius 1 is 1.35 bits per heavy atom. The number of nitrogens with one attached hydrogen (secondary N) is 1. The SMILES string of the molecule is COc1cc2c(OC3CC(C)N(Cc4sc(NC(C)=O)nc4F)C3)ccnc2cc1F. The van der Waals surface area contributed by atoms with Crippen LogP contribution in [-0.4, -0.2) is 46.6 Å². The minimum absolute atomic E-state index is 0.123. The molecule has 1 saturated heterocycles. The van der Waals surface area contributed by atoms with E-state index in [1.807, 2.05) is 0 Å². The summed E-state index contributed by atoms with van der Waals surface area (Å²) in [6.07, 6.45) is 2.21.